The van der Waals surface area contributed by atoms with Crippen LogP contribution in [0.3, 0.4) is 0 Å². The number of fused-ring (bicyclic) bond motifs is 2. The minimum Gasteiger partial charge on any atom is -0.320 e. The highest BCUT2D eigenvalue weighted by Gasteiger charge is 2.29. The van der Waals surface area contributed by atoms with Crippen molar-refractivity contribution in [2.24, 2.45) is 5.92 Å². The van der Waals surface area contributed by atoms with Gasteiger partial charge >= 0.3 is 0 Å². The van der Waals surface area contributed by atoms with Crippen LogP contribution in [0.15, 0.2) is 71.8 Å². The standard InChI is InChI=1S/C23H22N2O2/c1-15-11-12-17(13-16(15)2)14-22(26)25-20-9-5-3-7-18(20)23(27)24-19-8-4-6-10-21(19)25/h3-12,16H,13-14H2,1-2H3,(H,24,27). The number of carbonyl (C=O) groups excluding carboxylic acids is 2. The number of hydrogen-bond donors (Lipinski definition) is 1. The van der Waals surface area contributed by atoms with Gasteiger partial charge in [0.25, 0.3) is 5.91 Å². The lowest BCUT2D eigenvalue weighted by molar-refractivity contribution is -0.117. The second-order valence-corrected chi connectivity index (χ2v) is 7.24. The van der Waals surface area contributed by atoms with Gasteiger partial charge in [-0.3, -0.25) is 14.5 Å². The van der Waals surface area contributed by atoms with Gasteiger partial charge in [0, 0.05) is 6.42 Å². The van der Waals surface area contributed by atoms with Gasteiger partial charge in [-0.15, -0.1) is 0 Å². The average molecular weight is 358 g/mol. The summed E-state index contributed by atoms with van der Waals surface area (Å²) in [4.78, 5) is 27.7. The van der Waals surface area contributed by atoms with E-state index in [0.717, 1.165) is 12.0 Å². The first-order valence-corrected chi connectivity index (χ1v) is 9.23. The number of benzene rings is 2. The molecule has 2 aromatic carbocycles. The van der Waals surface area contributed by atoms with Crippen molar-refractivity contribution < 1.29 is 9.59 Å². The highest BCUT2D eigenvalue weighted by Crippen LogP contribution is 2.39. The molecule has 0 saturated carbocycles. The minimum atomic E-state index is -0.197. The molecule has 4 rings (SSSR count). The first-order valence-electron chi connectivity index (χ1n) is 9.23. The first-order chi connectivity index (χ1) is 13.0. The molecule has 27 heavy (non-hydrogen) atoms. The highest BCUT2D eigenvalue weighted by molar-refractivity contribution is 6.17. The van der Waals surface area contributed by atoms with Crippen molar-refractivity contribution in [3.63, 3.8) is 0 Å². The van der Waals surface area contributed by atoms with E-state index in [1.807, 2.05) is 42.5 Å². The largest absolute Gasteiger partial charge is 0.320 e. The van der Waals surface area contributed by atoms with Crippen LogP contribution in [0.4, 0.5) is 17.1 Å². The number of amides is 2. The van der Waals surface area contributed by atoms with Gasteiger partial charge in [-0.25, -0.2) is 0 Å². The fraction of sp³-hybridized carbons (Fsp3) is 0.217. The van der Waals surface area contributed by atoms with Crippen LogP contribution in [0, 0.1) is 5.92 Å². The molecule has 1 unspecified atom stereocenters. The SMILES string of the molecule is CC1=CC=C(CC(=O)N2c3ccccc3NC(=O)c3ccccc32)CC1C. The quantitative estimate of drug-likeness (QED) is 0.800. The highest BCUT2D eigenvalue weighted by atomic mass is 16.2. The van der Waals surface area contributed by atoms with Crippen LogP contribution in [0.1, 0.15) is 37.0 Å². The summed E-state index contributed by atoms with van der Waals surface area (Å²) in [5, 5.41) is 2.92. The summed E-state index contributed by atoms with van der Waals surface area (Å²) in [5.41, 5.74) is 4.94. The summed E-state index contributed by atoms with van der Waals surface area (Å²) < 4.78 is 0. The van der Waals surface area contributed by atoms with Crippen LogP contribution in [0.2, 0.25) is 0 Å². The third kappa shape index (κ3) is 3.19. The van der Waals surface area contributed by atoms with Gasteiger partial charge in [-0.05, 0) is 43.5 Å². The summed E-state index contributed by atoms with van der Waals surface area (Å²) >= 11 is 0. The van der Waals surface area contributed by atoms with Crippen LogP contribution in [-0.2, 0) is 4.79 Å². The predicted octanol–water partition coefficient (Wildman–Crippen LogP) is 5.22. The van der Waals surface area contributed by atoms with E-state index >= 15 is 0 Å². The topological polar surface area (TPSA) is 49.4 Å². The van der Waals surface area contributed by atoms with Crippen molar-refractivity contribution in [3.05, 3.63) is 77.4 Å². The maximum absolute atomic E-state index is 13.4. The number of rotatable bonds is 2. The first kappa shape index (κ1) is 17.3. The molecule has 0 spiro atoms. The van der Waals surface area contributed by atoms with E-state index in [-0.39, 0.29) is 11.8 Å². The molecule has 0 bridgehead atoms. The Hall–Kier alpha value is -3.14. The van der Waals surface area contributed by atoms with Crippen molar-refractivity contribution in [2.75, 3.05) is 10.2 Å². The molecule has 1 atom stereocenters. The Bertz CT molecular complexity index is 987. The zero-order valence-electron chi connectivity index (χ0n) is 15.5. The summed E-state index contributed by atoms with van der Waals surface area (Å²) in [6.07, 6.45) is 5.39. The number of allylic oxidation sites excluding steroid dienone is 3. The van der Waals surface area contributed by atoms with Crippen molar-refractivity contribution >= 4 is 28.9 Å². The molecule has 0 fully saturated rings. The molecule has 1 aliphatic carbocycles. The molecule has 0 aromatic heterocycles. The smallest absolute Gasteiger partial charge is 0.257 e. The van der Waals surface area contributed by atoms with Crippen LogP contribution < -0.4 is 10.2 Å². The summed E-state index contributed by atoms with van der Waals surface area (Å²) in [6, 6.07) is 14.7. The van der Waals surface area contributed by atoms with Crippen LogP contribution in [0.25, 0.3) is 0 Å². The fourth-order valence-corrected chi connectivity index (χ4v) is 3.66. The Morgan fingerprint density at radius 3 is 2.56 bits per heavy atom. The Labute approximate surface area is 159 Å². The second-order valence-electron chi connectivity index (χ2n) is 7.24. The normalized spacial score (nSPS) is 18.5. The lowest BCUT2D eigenvalue weighted by atomic mass is 9.88. The summed E-state index contributed by atoms with van der Waals surface area (Å²) in [5.74, 6) is 0.222. The van der Waals surface area contributed by atoms with E-state index in [0.29, 0.717) is 35.0 Å². The van der Waals surface area contributed by atoms with Gasteiger partial charge in [0.05, 0.1) is 22.6 Å². The summed E-state index contributed by atoms with van der Waals surface area (Å²) in [7, 11) is 0. The zero-order chi connectivity index (χ0) is 19.0. The molecule has 0 radical (unpaired) electrons. The van der Waals surface area contributed by atoms with Crippen LogP contribution >= 0.6 is 0 Å². The number of anilines is 3. The lowest BCUT2D eigenvalue weighted by Gasteiger charge is -2.26. The molecule has 0 saturated heterocycles. The predicted molar refractivity (Wildman–Crippen MR) is 108 cm³/mol. The molecule has 2 amide bonds. The molecular formula is C23H22N2O2. The molecule has 136 valence electrons. The van der Waals surface area contributed by atoms with Crippen LogP contribution in [0.5, 0.6) is 0 Å². The van der Waals surface area contributed by atoms with Crippen molar-refractivity contribution in [1.29, 1.82) is 0 Å². The maximum Gasteiger partial charge on any atom is 0.257 e. The fourth-order valence-electron chi connectivity index (χ4n) is 3.66. The van der Waals surface area contributed by atoms with Gasteiger partial charge in [0.1, 0.15) is 0 Å². The monoisotopic (exact) mass is 358 g/mol. The number of nitrogens with zero attached hydrogens (tertiary/aromatic N) is 1. The minimum absolute atomic E-state index is 0.0298. The van der Waals surface area contributed by atoms with Crippen molar-refractivity contribution in [3.8, 4) is 0 Å². The average Bonchev–Trinajstić information content (AvgIpc) is 2.79. The number of hydrogen-bond acceptors (Lipinski definition) is 2. The van der Waals surface area contributed by atoms with E-state index in [9.17, 15) is 9.59 Å². The Morgan fingerprint density at radius 2 is 1.78 bits per heavy atom. The number of para-hydroxylation sites is 3. The van der Waals surface area contributed by atoms with Gasteiger partial charge in [0.15, 0.2) is 0 Å². The van der Waals surface area contributed by atoms with Gasteiger partial charge in [0.2, 0.25) is 5.91 Å². The Morgan fingerprint density at radius 1 is 1.07 bits per heavy atom. The van der Waals surface area contributed by atoms with Crippen molar-refractivity contribution in [2.45, 2.75) is 26.7 Å². The molecule has 2 aliphatic rings. The van der Waals surface area contributed by atoms with Gasteiger partial charge in [-0.1, -0.05) is 54.5 Å². The third-order valence-corrected chi connectivity index (χ3v) is 5.34. The van der Waals surface area contributed by atoms with E-state index in [1.54, 1.807) is 11.0 Å². The molecule has 1 N–H and O–H groups in total. The van der Waals surface area contributed by atoms with E-state index in [2.05, 4.69) is 31.3 Å². The molecule has 4 heteroatoms. The van der Waals surface area contributed by atoms with E-state index in [4.69, 9.17) is 0 Å². The second kappa shape index (κ2) is 6.88. The molecule has 1 aliphatic heterocycles. The molecule has 4 nitrogen and oxygen atoms in total. The molecule has 1 heterocycles. The van der Waals surface area contributed by atoms with E-state index in [1.165, 1.54) is 5.57 Å². The van der Waals surface area contributed by atoms with Gasteiger partial charge < -0.3 is 5.32 Å². The molecule has 2 aromatic rings. The number of nitrogens with one attached hydrogen (secondary N) is 1. The lowest BCUT2D eigenvalue weighted by Crippen LogP contribution is -2.27. The Kier molecular flexibility index (Phi) is 4.40. The van der Waals surface area contributed by atoms with Gasteiger partial charge in [-0.2, -0.15) is 0 Å². The van der Waals surface area contributed by atoms with E-state index < -0.39 is 0 Å². The van der Waals surface area contributed by atoms with Crippen LogP contribution in [-0.4, -0.2) is 11.8 Å². The maximum atomic E-state index is 13.4. The number of carbonyl (C=O) groups is 2. The third-order valence-electron chi connectivity index (χ3n) is 5.34. The summed E-state index contributed by atoms with van der Waals surface area (Å²) in [6.45, 7) is 4.31. The Balaban J connectivity index is 1.76. The molecular weight excluding hydrogens is 336 g/mol. The zero-order valence-corrected chi connectivity index (χ0v) is 15.5. The van der Waals surface area contributed by atoms with Crippen molar-refractivity contribution in [1.82, 2.24) is 0 Å².